The van der Waals surface area contributed by atoms with Crippen molar-refractivity contribution in [3.05, 3.63) is 59.7 Å². The zero-order valence-electron chi connectivity index (χ0n) is 20.8. The molecule has 7 heteroatoms. The van der Waals surface area contributed by atoms with Gasteiger partial charge in [0.25, 0.3) is 0 Å². The van der Waals surface area contributed by atoms with Crippen molar-refractivity contribution in [1.29, 1.82) is 0 Å². The maximum absolute atomic E-state index is 12.4. The highest BCUT2D eigenvalue weighted by Gasteiger charge is 2.29. The molecule has 2 atom stereocenters. The second-order valence-corrected chi connectivity index (χ2v) is 9.65. The van der Waals surface area contributed by atoms with E-state index < -0.39 is 18.1 Å². The molecule has 0 fully saturated rings. The minimum Gasteiger partial charge on any atom is -0.481 e. The lowest BCUT2D eigenvalue weighted by Gasteiger charge is -2.21. The summed E-state index contributed by atoms with van der Waals surface area (Å²) in [4.78, 5) is 35.3. The number of alkyl carbamates (subject to hydrolysis) is 1. The number of nitrogens with one attached hydrogen (secondary N) is 2. The van der Waals surface area contributed by atoms with E-state index in [-0.39, 0.29) is 30.8 Å². The molecule has 0 saturated carbocycles. The standard InChI is InChI=1S/C28H36N2O5/c1-18(2)20(12-13-26(31)30-19(3)16-27(32)33)14-15-29-28(34)35-17-25-23-10-6-4-8-21(23)22-9-5-7-11-24(22)25/h4-11,18-20,25H,12-17H2,1-3H3,(H,29,34)(H,30,31)(H,32,33)/t19-,20?/m0/s1. The Bertz CT molecular complexity index is 990. The SMILES string of the molecule is CC(C)C(CCNC(=O)OCC1c2ccccc2-c2ccccc21)CCC(=O)N[C@@H](C)CC(=O)O. The quantitative estimate of drug-likeness (QED) is 0.399. The molecule has 1 unspecified atom stereocenters. The number of aliphatic carboxylic acids is 1. The Morgan fingerprint density at radius 1 is 0.943 bits per heavy atom. The number of carboxylic acids is 1. The van der Waals surface area contributed by atoms with E-state index in [9.17, 15) is 14.4 Å². The van der Waals surface area contributed by atoms with Gasteiger partial charge >= 0.3 is 12.1 Å². The maximum atomic E-state index is 12.4. The molecule has 1 aliphatic carbocycles. The van der Waals surface area contributed by atoms with Crippen LogP contribution in [0.5, 0.6) is 0 Å². The molecule has 0 bridgehead atoms. The molecule has 0 spiro atoms. The highest BCUT2D eigenvalue weighted by Crippen LogP contribution is 2.44. The van der Waals surface area contributed by atoms with E-state index in [0.29, 0.717) is 25.3 Å². The smallest absolute Gasteiger partial charge is 0.407 e. The summed E-state index contributed by atoms with van der Waals surface area (Å²) in [5, 5.41) is 14.4. The van der Waals surface area contributed by atoms with E-state index in [1.165, 1.54) is 22.3 Å². The number of hydrogen-bond acceptors (Lipinski definition) is 4. The van der Waals surface area contributed by atoms with E-state index in [4.69, 9.17) is 9.84 Å². The number of ether oxygens (including phenoxy) is 1. The first kappa shape index (κ1) is 26.3. The van der Waals surface area contributed by atoms with Crippen molar-refractivity contribution < 1.29 is 24.2 Å². The predicted octanol–water partition coefficient (Wildman–Crippen LogP) is 4.95. The van der Waals surface area contributed by atoms with Gasteiger partial charge in [-0.25, -0.2) is 4.79 Å². The van der Waals surface area contributed by atoms with E-state index >= 15 is 0 Å². The van der Waals surface area contributed by atoms with Crippen LogP contribution in [0.25, 0.3) is 11.1 Å². The summed E-state index contributed by atoms with van der Waals surface area (Å²) < 4.78 is 5.59. The average molecular weight is 481 g/mol. The molecule has 0 heterocycles. The van der Waals surface area contributed by atoms with Crippen molar-refractivity contribution in [3.63, 3.8) is 0 Å². The molecule has 2 aromatic carbocycles. The summed E-state index contributed by atoms with van der Waals surface area (Å²) in [7, 11) is 0. The lowest BCUT2D eigenvalue weighted by Crippen LogP contribution is -2.34. The molecular weight excluding hydrogens is 444 g/mol. The predicted molar refractivity (Wildman–Crippen MR) is 135 cm³/mol. The van der Waals surface area contributed by atoms with Gasteiger partial charge in [-0.2, -0.15) is 0 Å². The normalized spacial score (nSPS) is 14.1. The number of fused-ring (bicyclic) bond motifs is 3. The van der Waals surface area contributed by atoms with Crippen LogP contribution in [0.2, 0.25) is 0 Å². The molecular formula is C28H36N2O5. The fourth-order valence-electron chi connectivity index (χ4n) is 4.80. The van der Waals surface area contributed by atoms with Crippen LogP contribution in [-0.4, -0.2) is 42.3 Å². The van der Waals surface area contributed by atoms with Crippen molar-refractivity contribution in [2.24, 2.45) is 11.8 Å². The van der Waals surface area contributed by atoms with Crippen molar-refractivity contribution in [3.8, 4) is 11.1 Å². The first-order valence-corrected chi connectivity index (χ1v) is 12.4. The molecule has 0 saturated heterocycles. The first-order chi connectivity index (χ1) is 16.8. The van der Waals surface area contributed by atoms with Crippen molar-refractivity contribution in [2.45, 2.75) is 58.4 Å². The lowest BCUT2D eigenvalue weighted by atomic mass is 9.88. The number of carboxylic acid groups (broad SMARTS) is 1. The maximum Gasteiger partial charge on any atom is 0.407 e. The van der Waals surface area contributed by atoms with Gasteiger partial charge in [0.05, 0.1) is 6.42 Å². The number of carbonyl (C=O) groups is 3. The topological polar surface area (TPSA) is 105 Å². The van der Waals surface area contributed by atoms with Gasteiger partial charge < -0.3 is 20.5 Å². The minimum absolute atomic E-state index is 0.0265. The number of hydrogen-bond donors (Lipinski definition) is 3. The Hall–Kier alpha value is -3.35. The van der Waals surface area contributed by atoms with Gasteiger partial charge in [-0.3, -0.25) is 9.59 Å². The zero-order valence-corrected chi connectivity index (χ0v) is 20.8. The van der Waals surface area contributed by atoms with E-state index in [1.807, 2.05) is 24.3 Å². The molecule has 0 aliphatic heterocycles. The van der Waals surface area contributed by atoms with Gasteiger partial charge in [0, 0.05) is 24.9 Å². The second kappa shape index (κ2) is 12.4. The van der Waals surface area contributed by atoms with Gasteiger partial charge in [0.15, 0.2) is 0 Å². The van der Waals surface area contributed by atoms with Crippen molar-refractivity contribution in [2.75, 3.05) is 13.2 Å². The molecule has 188 valence electrons. The molecule has 35 heavy (non-hydrogen) atoms. The molecule has 3 rings (SSSR count). The summed E-state index contributed by atoms with van der Waals surface area (Å²) in [5.41, 5.74) is 4.74. The number of benzene rings is 2. The van der Waals surface area contributed by atoms with Crippen LogP contribution >= 0.6 is 0 Å². The van der Waals surface area contributed by atoms with Crippen LogP contribution in [-0.2, 0) is 14.3 Å². The lowest BCUT2D eigenvalue weighted by molar-refractivity contribution is -0.137. The summed E-state index contributed by atoms with van der Waals surface area (Å²) >= 11 is 0. The van der Waals surface area contributed by atoms with Gasteiger partial charge in [0.1, 0.15) is 6.61 Å². The summed E-state index contributed by atoms with van der Waals surface area (Å²) in [6, 6.07) is 16.1. The Labute approximate surface area is 207 Å². The summed E-state index contributed by atoms with van der Waals surface area (Å²) in [6.07, 6.45) is 1.21. The summed E-state index contributed by atoms with van der Waals surface area (Å²) in [5.74, 6) is -0.447. The largest absolute Gasteiger partial charge is 0.481 e. The minimum atomic E-state index is -0.933. The van der Waals surface area contributed by atoms with Crippen LogP contribution in [0.3, 0.4) is 0 Å². The van der Waals surface area contributed by atoms with Gasteiger partial charge in [-0.15, -0.1) is 0 Å². The van der Waals surface area contributed by atoms with Crippen LogP contribution in [0.4, 0.5) is 4.79 Å². The van der Waals surface area contributed by atoms with Crippen molar-refractivity contribution in [1.82, 2.24) is 10.6 Å². The Morgan fingerprint density at radius 2 is 1.54 bits per heavy atom. The zero-order chi connectivity index (χ0) is 25.4. The third kappa shape index (κ3) is 7.31. The fraction of sp³-hybridized carbons (Fsp3) is 0.464. The highest BCUT2D eigenvalue weighted by molar-refractivity contribution is 5.79. The molecule has 7 nitrogen and oxygen atoms in total. The van der Waals surface area contributed by atoms with Crippen LogP contribution in [0.1, 0.15) is 63.5 Å². The monoisotopic (exact) mass is 480 g/mol. The third-order valence-corrected chi connectivity index (χ3v) is 6.70. The average Bonchev–Trinajstić information content (AvgIpc) is 3.12. The van der Waals surface area contributed by atoms with E-state index in [1.54, 1.807) is 6.92 Å². The Morgan fingerprint density at radius 3 is 2.11 bits per heavy atom. The molecule has 0 aromatic heterocycles. The number of rotatable bonds is 12. The van der Waals surface area contributed by atoms with E-state index in [0.717, 1.165) is 6.42 Å². The van der Waals surface area contributed by atoms with Gasteiger partial charge in [0.2, 0.25) is 5.91 Å². The molecule has 0 radical (unpaired) electrons. The van der Waals surface area contributed by atoms with Crippen LogP contribution < -0.4 is 10.6 Å². The fourth-order valence-corrected chi connectivity index (χ4v) is 4.80. The van der Waals surface area contributed by atoms with Gasteiger partial charge in [-0.1, -0.05) is 62.4 Å². The Balaban J connectivity index is 1.43. The number of amides is 2. The second-order valence-electron chi connectivity index (χ2n) is 9.65. The third-order valence-electron chi connectivity index (χ3n) is 6.70. The highest BCUT2D eigenvalue weighted by atomic mass is 16.5. The van der Waals surface area contributed by atoms with E-state index in [2.05, 4.69) is 48.7 Å². The molecule has 2 aromatic rings. The molecule has 1 aliphatic rings. The molecule has 2 amide bonds. The Kier molecular flexibility index (Phi) is 9.29. The van der Waals surface area contributed by atoms with Crippen molar-refractivity contribution >= 4 is 18.0 Å². The molecule has 3 N–H and O–H groups in total. The number of carbonyl (C=O) groups excluding carboxylic acids is 2. The van der Waals surface area contributed by atoms with Crippen LogP contribution in [0, 0.1) is 11.8 Å². The first-order valence-electron chi connectivity index (χ1n) is 12.4. The summed E-state index contributed by atoms with van der Waals surface area (Å²) in [6.45, 7) is 6.63. The van der Waals surface area contributed by atoms with Crippen LogP contribution in [0.15, 0.2) is 48.5 Å². The van der Waals surface area contributed by atoms with Gasteiger partial charge in [-0.05, 0) is 53.9 Å².